The molecule has 0 N–H and O–H groups in total. The minimum absolute atomic E-state index is 0.854. The molecule has 68 valence electrons. The van der Waals surface area contributed by atoms with Crippen molar-refractivity contribution in [3.8, 4) is 0 Å². The average Bonchev–Trinajstić information content (AvgIpc) is 1.87. The Bertz CT molecular complexity index is 77.6. The van der Waals surface area contributed by atoms with E-state index in [1.165, 1.54) is 25.8 Å². The van der Waals surface area contributed by atoms with Crippen molar-refractivity contribution in [2.75, 3.05) is 26.4 Å². The fourth-order valence-electron chi connectivity index (χ4n) is 1.43. The van der Waals surface area contributed by atoms with Crippen LogP contribution in [0.15, 0.2) is 0 Å². The molecular weight excluding hydrogens is 154 g/mol. The SMILES string of the molecule is CCCC(CCS)CN(C)C. The van der Waals surface area contributed by atoms with Gasteiger partial charge in [-0.3, -0.25) is 0 Å². The summed E-state index contributed by atoms with van der Waals surface area (Å²) in [5, 5.41) is 0. The molecule has 0 saturated heterocycles. The first-order valence-corrected chi connectivity index (χ1v) is 5.09. The van der Waals surface area contributed by atoms with E-state index in [4.69, 9.17) is 0 Å². The third-order valence-electron chi connectivity index (χ3n) is 1.86. The van der Waals surface area contributed by atoms with Gasteiger partial charge in [0.1, 0.15) is 0 Å². The molecule has 1 atom stereocenters. The lowest BCUT2D eigenvalue weighted by molar-refractivity contribution is 0.305. The minimum atomic E-state index is 0.854. The Morgan fingerprint density at radius 2 is 1.91 bits per heavy atom. The van der Waals surface area contributed by atoms with Crippen LogP contribution in [-0.2, 0) is 0 Å². The first-order chi connectivity index (χ1) is 5.20. The highest BCUT2D eigenvalue weighted by Crippen LogP contribution is 2.12. The quantitative estimate of drug-likeness (QED) is 0.606. The second-order valence-electron chi connectivity index (χ2n) is 3.43. The maximum Gasteiger partial charge on any atom is 0.000385 e. The number of thiol groups is 1. The molecule has 0 aliphatic carbocycles. The topological polar surface area (TPSA) is 3.24 Å². The second kappa shape index (κ2) is 6.99. The number of nitrogens with zero attached hydrogens (tertiary/aromatic N) is 1. The van der Waals surface area contributed by atoms with Crippen LogP contribution in [-0.4, -0.2) is 31.3 Å². The van der Waals surface area contributed by atoms with Gasteiger partial charge in [0.2, 0.25) is 0 Å². The molecule has 1 unspecified atom stereocenters. The Hall–Kier alpha value is 0.310. The zero-order valence-electron chi connectivity index (χ0n) is 8.01. The summed E-state index contributed by atoms with van der Waals surface area (Å²) < 4.78 is 0. The van der Waals surface area contributed by atoms with Gasteiger partial charge in [-0.25, -0.2) is 0 Å². The molecule has 0 bridgehead atoms. The molecule has 0 spiro atoms. The Balaban J connectivity index is 3.50. The molecule has 0 fully saturated rings. The molecule has 0 aromatic carbocycles. The molecule has 0 rings (SSSR count). The number of hydrogen-bond acceptors (Lipinski definition) is 2. The highest BCUT2D eigenvalue weighted by Gasteiger charge is 2.06. The summed E-state index contributed by atoms with van der Waals surface area (Å²) in [6.07, 6.45) is 3.90. The van der Waals surface area contributed by atoms with Crippen LogP contribution in [0.2, 0.25) is 0 Å². The van der Waals surface area contributed by atoms with Crippen LogP contribution in [0, 0.1) is 5.92 Å². The van der Waals surface area contributed by atoms with Crippen molar-refractivity contribution < 1.29 is 0 Å². The molecule has 0 aliphatic heterocycles. The van der Waals surface area contributed by atoms with E-state index in [2.05, 4.69) is 38.5 Å². The molecular formula is C9H21NS. The first kappa shape index (κ1) is 11.3. The van der Waals surface area contributed by atoms with Crippen molar-refractivity contribution in [1.82, 2.24) is 4.90 Å². The fraction of sp³-hybridized carbons (Fsp3) is 1.00. The minimum Gasteiger partial charge on any atom is -0.309 e. The Morgan fingerprint density at radius 3 is 2.27 bits per heavy atom. The van der Waals surface area contributed by atoms with E-state index in [1.54, 1.807) is 0 Å². The third kappa shape index (κ3) is 6.70. The lowest BCUT2D eigenvalue weighted by Gasteiger charge is -2.19. The monoisotopic (exact) mass is 175 g/mol. The van der Waals surface area contributed by atoms with Gasteiger partial charge in [-0.15, -0.1) is 0 Å². The zero-order valence-corrected chi connectivity index (χ0v) is 8.90. The van der Waals surface area contributed by atoms with E-state index in [1.807, 2.05) is 0 Å². The molecule has 0 saturated carbocycles. The van der Waals surface area contributed by atoms with Crippen LogP contribution >= 0.6 is 12.6 Å². The molecule has 0 radical (unpaired) electrons. The summed E-state index contributed by atoms with van der Waals surface area (Å²) >= 11 is 4.26. The largest absolute Gasteiger partial charge is 0.309 e. The Morgan fingerprint density at radius 1 is 1.27 bits per heavy atom. The van der Waals surface area contributed by atoms with Gasteiger partial charge in [0, 0.05) is 6.54 Å². The first-order valence-electron chi connectivity index (χ1n) is 4.46. The van der Waals surface area contributed by atoms with Gasteiger partial charge in [0.15, 0.2) is 0 Å². The lowest BCUT2D eigenvalue weighted by atomic mass is 10.0. The van der Waals surface area contributed by atoms with Crippen molar-refractivity contribution in [2.45, 2.75) is 26.2 Å². The van der Waals surface area contributed by atoms with Gasteiger partial charge >= 0.3 is 0 Å². The fourth-order valence-corrected chi connectivity index (χ4v) is 1.80. The van der Waals surface area contributed by atoms with Crippen LogP contribution in [0.25, 0.3) is 0 Å². The predicted octanol–water partition coefficient (Wildman–Crippen LogP) is 2.28. The van der Waals surface area contributed by atoms with E-state index in [-0.39, 0.29) is 0 Å². The summed E-state index contributed by atoms with van der Waals surface area (Å²) in [5.41, 5.74) is 0. The molecule has 0 heterocycles. The van der Waals surface area contributed by atoms with E-state index >= 15 is 0 Å². The average molecular weight is 175 g/mol. The van der Waals surface area contributed by atoms with Crippen LogP contribution in [0.3, 0.4) is 0 Å². The summed E-state index contributed by atoms with van der Waals surface area (Å²) in [6, 6.07) is 0. The Labute approximate surface area is 76.6 Å². The van der Waals surface area contributed by atoms with Crippen LogP contribution < -0.4 is 0 Å². The van der Waals surface area contributed by atoms with Gasteiger partial charge in [-0.1, -0.05) is 13.3 Å². The maximum absolute atomic E-state index is 4.26. The number of hydrogen-bond donors (Lipinski definition) is 1. The second-order valence-corrected chi connectivity index (χ2v) is 3.88. The summed E-state index contributed by atoms with van der Waals surface area (Å²) in [5.74, 6) is 1.88. The predicted molar refractivity (Wildman–Crippen MR) is 55.4 cm³/mol. The standard InChI is InChI=1S/C9H21NS/c1-4-5-9(6-7-11)8-10(2)3/h9,11H,4-8H2,1-3H3. The zero-order chi connectivity index (χ0) is 8.69. The van der Waals surface area contributed by atoms with Crippen molar-refractivity contribution in [3.63, 3.8) is 0 Å². The molecule has 0 amide bonds. The van der Waals surface area contributed by atoms with Crippen LogP contribution in [0.1, 0.15) is 26.2 Å². The lowest BCUT2D eigenvalue weighted by Crippen LogP contribution is -2.21. The van der Waals surface area contributed by atoms with Crippen molar-refractivity contribution >= 4 is 12.6 Å². The normalized spacial score (nSPS) is 13.9. The molecule has 11 heavy (non-hydrogen) atoms. The van der Waals surface area contributed by atoms with Crippen LogP contribution in [0.4, 0.5) is 0 Å². The summed E-state index contributed by atoms with van der Waals surface area (Å²) in [7, 11) is 4.28. The molecule has 0 aromatic heterocycles. The van der Waals surface area contributed by atoms with Gasteiger partial charge in [-0.2, -0.15) is 12.6 Å². The van der Waals surface area contributed by atoms with E-state index in [9.17, 15) is 0 Å². The summed E-state index contributed by atoms with van der Waals surface area (Å²) in [4.78, 5) is 2.27. The van der Waals surface area contributed by atoms with Gasteiger partial charge in [0.25, 0.3) is 0 Å². The molecule has 2 heteroatoms. The molecule has 0 aromatic rings. The van der Waals surface area contributed by atoms with Crippen molar-refractivity contribution in [3.05, 3.63) is 0 Å². The Kier molecular flexibility index (Phi) is 7.18. The summed E-state index contributed by atoms with van der Waals surface area (Å²) in [6.45, 7) is 3.47. The molecule has 0 aliphatic rings. The molecule has 1 nitrogen and oxygen atoms in total. The maximum atomic E-state index is 4.26. The highest BCUT2D eigenvalue weighted by molar-refractivity contribution is 7.80. The van der Waals surface area contributed by atoms with Gasteiger partial charge < -0.3 is 4.90 Å². The highest BCUT2D eigenvalue weighted by atomic mass is 32.1. The van der Waals surface area contributed by atoms with Crippen LogP contribution in [0.5, 0.6) is 0 Å². The van der Waals surface area contributed by atoms with Gasteiger partial charge in [0.05, 0.1) is 0 Å². The van der Waals surface area contributed by atoms with E-state index in [0.29, 0.717) is 0 Å². The van der Waals surface area contributed by atoms with Crippen molar-refractivity contribution in [1.29, 1.82) is 0 Å². The van der Waals surface area contributed by atoms with Gasteiger partial charge in [-0.05, 0) is 38.6 Å². The third-order valence-corrected chi connectivity index (χ3v) is 2.12. The van der Waals surface area contributed by atoms with Crippen molar-refractivity contribution in [2.24, 2.45) is 5.92 Å². The van der Waals surface area contributed by atoms with E-state index in [0.717, 1.165) is 11.7 Å². The van der Waals surface area contributed by atoms with E-state index < -0.39 is 0 Å². The number of rotatable bonds is 6. The smallest absolute Gasteiger partial charge is 0.000385 e.